The topological polar surface area (TPSA) is 52.4 Å². The molecule has 0 aromatic heterocycles. The molecule has 0 aliphatic carbocycles. The average Bonchev–Trinajstić information content (AvgIpc) is 2.40. The van der Waals surface area contributed by atoms with Gasteiger partial charge in [0.1, 0.15) is 11.5 Å². The normalized spacial score (nSPS) is 10.3. The highest BCUT2D eigenvalue weighted by atomic mass is 79.9. The molecule has 0 saturated carbocycles. The summed E-state index contributed by atoms with van der Waals surface area (Å²) in [4.78, 5) is 10.3. The highest BCUT2D eigenvalue weighted by Crippen LogP contribution is 2.34. The van der Waals surface area contributed by atoms with Crippen LogP contribution in [0.5, 0.6) is 11.5 Å². The predicted molar refractivity (Wildman–Crippen MR) is 84.6 cm³/mol. The lowest BCUT2D eigenvalue weighted by Gasteiger charge is -2.09. The van der Waals surface area contributed by atoms with Gasteiger partial charge in [-0.1, -0.05) is 22.0 Å². The van der Waals surface area contributed by atoms with E-state index in [0.717, 1.165) is 10.0 Å². The van der Waals surface area contributed by atoms with Crippen molar-refractivity contribution in [1.29, 1.82) is 0 Å². The average molecular weight is 421 g/mol. The predicted octanol–water partition coefficient (Wildman–Crippen LogP) is 5.65. The molecule has 0 aliphatic heterocycles. The van der Waals surface area contributed by atoms with Gasteiger partial charge in [0.25, 0.3) is 5.69 Å². The minimum absolute atomic E-state index is 0.0390. The fourth-order valence-corrected chi connectivity index (χ4v) is 2.68. The molecule has 0 heterocycles. The van der Waals surface area contributed by atoms with Gasteiger partial charge in [0.2, 0.25) is 0 Å². The van der Waals surface area contributed by atoms with Crippen LogP contribution in [-0.2, 0) is 5.88 Å². The van der Waals surface area contributed by atoms with Gasteiger partial charge in [-0.2, -0.15) is 0 Å². The lowest BCUT2D eigenvalue weighted by molar-refractivity contribution is -0.385. The highest BCUT2D eigenvalue weighted by molar-refractivity contribution is 9.10. The quantitative estimate of drug-likeness (QED) is 0.364. The minimum atomic E-state index is -0.469. The van der Waals surface area contributed by atoms with Crippen molar-refractivity contribution in [3.8, 4) is 11.5 Å². The monoisotopic (exact) mass is 419 g/mol. The summed E-state index contributed by atoms with van der Waals surface area (Å²) in [6, 6.07) is 9.88. The molecular formula is C13H8Br2ClNO3. The molecular weight excluding hydrogens is 413 g/mol. The third kappa shape index (κ3) is 3.71. The third-order valence-corrected chi connectivity index (χ3v) is 3.83. The summed E-state index contributed by atoms with van der Waals surface area (Å²) in [6.07, 6.45) is 0. The van der Waals surface area contributed by atoms with Gasteiger partial charge in [-0.15, -0.1) is 11.6 Å². The number of halogens is 3. The Hall–Kier alpha value is -1.11. The van der Waals surface area contributed by atoms with Crippen LogP contribution in [0.4, 0.5) is 5.69 Å². The highest BCUT2D eigenvalue weighted by Gasteiger charge is 2.11. The number of rotatable bonds is 4. The summed E-state index contributed by atoms with van der Waals surface area (Å²) in [5.74, 6) is 1.35. The van der Waals surface area contributed by atoms with Gasteiger partial charge in [0, 0.05) is 16.4 Å². The molecule has 0 unspecified atom stereocenters. The second-order valence-electron chi connectivity index (χ2n) is 3.90. The van der Waals surface area contributed by atoms with E-state index >= 15 is 0 Å². The van der Waals surface area contributed by atoms with Crippen LogP contribution in [0.25, 0.3) is 0 Å². The summed E-state index contributed by atoms with van der Waals surface area (Å²) >= 11 is 12.3. The fourth-order valence-electron chi connectivity index (χ4n) is 1.55. The van der Waals surface area contributed by atoms with Crippen LogP contribution >= 0.6 is 43.5 Å². The zero-order valence-electron chi connectivity index (χ0n) is 9.98. The van der Waals surface area contributed by atoms with Crippen molar-refractivity contribution in [1.82, 2.24) is 0 Å². The molecule has 0 amide bonds. The molecule has 4 nitrogen and oxygen atoms in total. The second-order valence-corrected chi connectivity index (χ2v) is 5.94. The van der Waals surface area contributed by atoms with Gasteiger partial charge in [-0.05, 0) is 39.7 Å². The minimum Gasteiger partial charge on any atom is -0.456 e. The Labute approximate surface area is 137 Å². The van der Waals surface area contributed by atoms with Crippen LogP contribution in [0.1, 0.15) is 5.56 Å². The number of alkyl halides is 1. The molecule has 0 N–H and O–H groups in total. The number of benzene rings is 2. The van der Waals surface area contributed by atoms with Gasteiger partial charge in [-0.25, -0.2) is 0 Å². The van der Waals surface area contributed by atoms with Gasteiger partial charge in [-0.3, -0.25) is 10.1 Å². The molecule has 0 fully saturated rings. The first kappa shape index (κ1) is 15.3. The maximum absolute atomic E-state index is 10.8. The molecule has 0 spiro atoms. The van der Waals surface area contributed by atoms with Crippen molar-refractivity contribution in [2.75, 3.05) is 0 Å². The Bertz CT molecular complexity index is 664. The number of nitro benzene ring substituents is 1. The van der Waals surface area contributed by atoms with Crippen molar-refractivity contribution in [3.05, 3.63) is 61.0 Å². The van der Waals surface area contributed by atoms with Crippen LogP contribution in [0, 0.1) is 10.1 Å². The zero-order chi connectivity index (χ0) is 14.7. The smallest absolute Gasteiger partial charge is 0.274 e. The van der Waals surface area contributed by atoms with Crippen LogP contribution < -0.4 is 4.74 Å². The molecule has 0 bridgehead atoms. The molecule has 2 aromatic rings. The standard InChI is InChI=1S/C13H8Br2ClNO3/c14-9-4-10(17(18)19)6-11(5-9)20-13-2-1-8(7-16)3-12(13)15/h1-6H,7H2. The first-order valence-electron chi connectivity index (χ1n) is 5.47. The van der Waals surface area contributed by atoms with E-state index in [0.29, 0.717) is 21.9 Å². The number of nitro groups is 1. The van der Waals surface area contributed by atoms with Gasteiger partial charge in [0.05, 0.1) is 15.5 Å². The SMILES string of the molecule is O=[N+]([O-])c1cc(Br)cc(Oc2ccc(CCl)cc2Br)c1. The molecule has 2 aromatic carbocycles. The maximum atomic E-state index is 10.8. The molecule has 0 saturated heterocycles. The molecule has 7 heteroatoms. The third-order valence-electron chi connectivity index (χ3n) is 2.45. The van der Waals surface area contributed by atoms with Crippen LogP contribution in [0.2, 0.25) is 0 Å². The van der Waals surface area contributed by atoms with Crippen molar-refractivity contribution >= 4 is 49.1 Å². The van der Waals surface area contributed by atoms with Crippen LogP contribution in [0.15, 0.2) is 45.3 Å². The first-order chi connectivity index (χ1) is 9.49. The van der Waals surface area contributed by atoms with Gasteiger partial charge in [0.15, 0.2) is 0 Å². The number of ether oxygens (including phenoxy) is 1. The Morgan fingerprint density at radius 1 is 1.20 bits per heavy atom. The van der Waals surface area contributed by atoms with Gasteiger partial charge < -0.3 is 4.74 Å². The van der Waals surface area contributed by atoms with Crippen LogP contribution in [-0.4, -0.2) is 4.92 Å². The van der Waals surface area contributed by atoms with E-state index < -0.39 is 4.92 Å². The molecule has 2 rings (SSSR count). The lowest BCUT2D eigenvalue weighted by atomic mass is 10.2. The summed E-state index contributed by atoms with van der Waals surface area (Å²) in [5.41, 5.74) is 0.911. The fraction of sp³-hybridized carbons (Fsp3) is 0.0769. The van der Waals surface area contributed by atoms with Gasteiger partial charge >= 0.3 is 0 Å². The van der Waals surface area contributed by atoms with E-state index in [1.54, 1.807) is 12.1 Å². The summed E-state index contributed by atoms with van der Waals surface area (Å²) in [5, 5.41) is 10.8. The summed E-state index contributed by atoms with van der Waals surface area (Å²) in [6.45, 7) is 0. The Morgan fingerprint density at radius 2 is 1.95 bits per heavy atom. The van der Waals surface area contributed by atoms with Crippen molar-refractivity contribution in [3.63, 3.8) is 0 Å². The zero-order valence-corrected chi connectivity index (χ0v) is 13.9. The number of hydrogen-bond donors (Lipinski definition) is 0. The molecule has 20 heavy (non-hydrogen) atoms. The largest absolute Gasteiger partial charge is 0.456 e. The van der Waals surface area contributed by atoms with E-state index in [1.165, 1.54) is 12.1 Å². The Balaban J connectivity index is 2.32. The lowest BCUT2D eigenvalue weighted by Crippen LogP contribution is -1.91. The number of hydrogen-bond acceptors (Lipinski definition) is 3. The number of nitrogens with zero attached hydrogens (tertiary/aromatic N) is 1. The molecule has 0 radical (unpaired) electrons. The van der Waals surface area contributed by atoms with Crippen molar-refractivity contribution in [2.45, 2.75) is 5.88 Å². The Morgan fingerprint density at radius 3 is 2.55 bits per heavy atom. The summed E-state index contributed by atoms with van der Waals surface area (Å²) in [7, 11) is 0. The maximum Gasteiger partial charge on any atom is 0.274 e. The molecule has 0 atom stereocenters. The van der Waals surface area contributed by atoms with Crippen molar-refractivity contribution < 1.29 is 9.66 Å². The van der Waals surface area contributed by atoms with E-state index in [9.17, 15) is 10.1 Å². The Kier molecular flexibility index (Phi) is 5.01. The number of non-ortho nitro benzene ring substituents is 1. The van der Waals surface area contributed by atoms with E-state index in [4.69, 9.17) is 16.3 Å². The molecule has 104 valence electrons. The second kappa shape index (κ2) is 6.56. The first-order valence-corrected chi connectivity index (χ1v) is 7.59. The molecule has 0 aliphatic rings. The summed E-state index contributed by atoms with van der Waals surface area (Å²) < 4.78 is 6.97. The van der Waals surface area contributed by atoms with E-state index in [1.807, 2.05) is 12.1 Å². The van der Waals surface area contributed by atoms with Crippen molar-refractivity contribution in [2.24, 2.45) is 0 Å². The van der Waals surface area contributed by atoms with Crippen LogP contribution in [0.3, 0.4) is 0 Å². The van der Waals surface area contributed by atoms with E-state index in [2.05, 4.69) is 31.9 Å². The van der Waals surface area contributed by atoms with E-state index in [-0.39, 0.29) is 5.69 Å².